The van der Waals surface area contributed by atoms with E-state index in [1.54, 1.807) is 4.68 Å². The maximum absolute atomic E-state index is 6.32. The van der Waals surface area contributed by atoms with Crippen molar-refractivity contribution in [3.63, 3.8) is 0 Å². The van der Waals surface area contributed by atoms with Gasteiger partial charge in [-0.15, -0.1) is 0 Å². The molecule has 2 heterocycles. The first-order valence-corrected chi connectivity index (χ1v) is 7.01. The number of rotatable bonds is 6. The molecular weight excluding hydrogens is 274 g/mol. The number of hydrogen-bond donors (Lipinski definition) is 1. The monoisotopic (exact) mass is 293 g/mol. The smallest absolute Gasteiger partial charge is 0.147 e. The van der Waals surface area contributed by atoms with Crippen LogP contribution in [0.3, 0.4) is 0 Å². The summed E-state index contributed by atoms with van der Waals surface area (Å²) in [5, 5.41) is 8.09. The fourth-order valence-corrected chi connectivity index (χ4v) is 2.35. The SMILES string of the molecule is CCNCc1cnc(N(C)Cc2cnn(C)c2)c(Cl)c1. The van der Waals surface area contributed by atoms with Gasteiger partial charge >= 0.3 is 0 Å². The maximum atomic E-state index is 6.32. The van der Waals surface area contributed by atoms with Crippen LogP contribution in [0.4, 0.5) is 5.82 Å². The van der Waals surface area contributed by atoms with Gasteiger partial charge in [0, 0.05) is 45.1 Å². The first kappa shape index (κ1) is 14.8. The average molecular weight is 294 g/mol. The zero-order valence-corrected chi connectivity index (χ0v) is 12.9. The molecule has 0 aliphatic rings. The van der Waals surface area contributed by atoms with Crippen LogP contribution < -0.4 is 10.2 Å². The lowest BCUT2D eigenvalue weighted by molar-refractivity contribution is 0.724. The minimum atomic E-state index is 0.673. The van der Waals surface area contributed by atoms with E-state index >= 15 is 0 Å². The van der Waals surface area contributed by atoms with Crippen LogP contribution in [0.5, 0.6) is 0 Å². The Hall–Kier alpha value is -1.59. The highest BCUT2D eigenvalue weighted by Crippen LogP contribution is 2.24. The van der Waals surface area contributed by atoms with Crippen LogP contribution in [0.25, 0.3) is 0 Å². The third-order valence-corrected chi connectivity index (χ3v) is 3.28. The highest BCUT2D eigenvalue weighted by atomic mass is 35.5. The first-order chi connectivity index (χ1) is 9.60. The molecule has 2 aromatic rings. The topological polar surface area (TPSA) is 46.0 Å². The van der Waals surface area contributed by atoms with E-state index in [9.17, 15) is 0 Å². The third-order valence-electron chi connectivity index (χ3n) is 3.00. The minimum absolute atomic E-state index is 0.673. The van der Waals surface area contributed by atoms with E-state index in [2.05, 4.69) is 22.3 Å². The summed E-state index contributed by atoms with van der Waals surface area (Å²) in [5.41, 5.74) is 2.22. The van der Waals surface area contributed by atoms with Gasteiger partial charge in [0.2, 0.25) is 0 Å². The predicted molar refractivity (Wildman–Crippen MR) is 81.9 cm³/mol. The van der Waals surface area contributed by atoms with E-state index < -0.39 is 0 Å². The van der Waals surface area contributed by atoms with Crippen molar-refractivity contribution in [1.29, 1.82) is 0 Å². The van der Waals surface area contributed by atoms with E-state index in [0.29, 0.717) is 5.02 Å². The quantitative estimate of drug-likeness (QED) is 0.887. The van der Waals surface area contributed by atoms with Crippen LogP contribution in [-0.2, 0) is 20.1 Å². The zero-order valence-electron chi connectivity index (χ0n) is 12.1. The van der Waals surface area contributed by atoms with Gasteiger partial charge in [-0.05, 0) is 18.2 Å². The van der Waals surface area contributed by atoms with Gasteiger partial charge in [0.1, 0.15) is 5.82 Å². The summed E-state index contributed by atoms with van der Waals surface area (Å²) in [6.07, 6.45) is 5.71. The first-order valence-electron chi connectivity index (χ1n) is 6.64. The minimum Gasteiger partial charge on any atom is -0.354 e. The van der Waals surface area contributed by atoms with Gasteiger partial charge in [-0.25, -0.2) is 4.98 Å². The van der Waals surface area contributed by atoms with Crippen molar-refractivity contribution in [3.8, 4) is 0 Å². The summed E-state index contributed by atoms with van der Waals surface area (Å²) in [4.78, 5) is 6.48. The number of hydrogen-bond acceptors (Lipinski definition) is 4. The zero-order chi connectivity index (χ0) is 14.5. The molecule has 0 unspecified atom stereocenters. The highest BCUT2D eigenvalue weighted by Gasteiger charge is 2.10. The summed E-state index contributed by atoms with van der Waals surface area (Å²) in [6.45, 7) is 4.52. The molecule has 2 rings (SSSR count). The Morgan fingerprint density at radius 1 is 1.35 bits per heavy atom. The van der Waals surface area contributed by atoms with Gasteiger partial charge in [0.05, 0.1) is 11.2 Å². The average Bonchev–Trinajstić information content (AvgIpc) is 2.81. The van der Waals surface area contributed by atoms with Crippen LogP contribution in [0.15, 0.2) is 24.7 Å². The summed E-state index contributed by atoms with van der Waals surface area (Å²) in [6, 6.07) is 1.96. The van der Waals surface area contributed by atoms with Crippen molar-refractivity contribution in [3.05, 3.63) is 40.8 Å². The molecule has 0 atom stereocenters. The Balaban J connectivity index is 2.07. The standard InChI is InChI=1S/C14H20ClN5/c1-4-16-6-11-5-13(15)14(17-7-11)19(2)9-12-8-18-20(3)10-12/h5,7-8,10,16H,4,6,9H2,1-3H3. The lowest BCUT2D eigenvalue weighted by atomic mass is 10.2. The fraction of sp³-hybridized carbons (Fsp3) is 0.429. The van der Waals surface area contributed by atoms with Gasteiger partial charge in [-0.2, -0.15) is 5.10 Å². The van der Waals surface area contributed by atoms with Crippen molar-refractivity contribution in [1.82, 2.24) is 20.1 Å². The van der Waals surface area contributed by atoms with Gasteiger partial charge in [0.15, 0.2) is 0 Å². The van der Waals surface area contributed by atoms with Crippen LogP contribution in [0.2, 0.25) is 5.02 Å². The molecule has 20 heavy (non-hydrogen) atoms. The number of aryl methyl sites for hydroxylation is 1. The Kier molecular flexibility index (Phi) is 4.98. The van der Waals surface area contributed by atoms with Crippen molar-refractivity contribution in [2.45, 2.75) is 20.0 Å². The number of anilines is 1. The summed E-state index contributed by atoms with van der Waals surface area (Å²) in [5.74, 6) is 0.788. The van der Waals surface area contributed by atoms with Gasteiger partial charge in [0.25, 0.3) is 0 Å². The molecule has 0 bridgehead atoms. The number of nitrogens with zero attached hydrogens (tertiary/aromatic N) is 4. The maximum Gasteiger partial charge on any atom is 0.147 e. The molecule has 6 heteroatoms. The second-order valence-electron chi connectivity index (χ2n) is 4.81. The molecule has 0 aliphatic carbocycles. The van der Waals surface area contributed by atoms with Crippen LogP contribution in [-0.4, -0.2) is 28.4 Å². The van der Waals surface area contributed by atoms with Crippen molar-refractivity contribution < 1.29 is 0 Å². The molecule has 0 fully saturated rings. The summed E-state index contributed by atoms with van der Waals surface area (Å²) in [7, 11) is 3.88. The van der Waals surface area contributed by atoms with E-state index in [4.69, 9.17) is 11.6 Å². The normalized spacial score (nSPS) is 10.8. The molecule has 0 radical (unpaired) electrons. The van der Waals surface area contributed by atoms with E-state index in [1.165, 1.54) is 0 Å². The fourth-order valence-electron chi connectivity index (χ4n) is 2.02. The van der Waals surface area contributed by atoms with Crippen LogP contribution >= 0.6 is 11.6 Å². The lowest BCUT2D eigenvalue weighted by Gasteiger charge is -2.19. The van der Waals surface area contributed by atoms with Gasteiger partial charge in [-0.1, -0.05) is 18.5 Å². The second-order valence-corrected chi connectivity index (χ2v) is 5.21. The molecule has 108 valence electrons. The molecule has 2 aromatic heterocycles. The summed E-state index contributed by atoms with van der Waals surface area (Å²) >= 11 is 6.32. The second kappa shape index (κ2) is 6.72. The molecule has 1 N–H and O–H groups in total. The third kappa shape index (κ3) is 3.71. The number of halogens is 1. The highest BCUT2D eigenvalue weighted by molar-refractivity contribution is 6.33. The number of nitrogens with one attached hydrogen (secondary N) is 1. The molecule has 0 aliphatic heterocycles. The Morgan fingerprint density at radius 3 is 2.75 bits per heavy atom. The van der Waals surface area contributed by atoms with E-state index in [0.717, 1.165) is 36.6 Å². The lowest BCUT2D eigenvalue weighted by Crippen LogP contribution is -2.18. The number of aromatic nitrogens is 3. The van der Waals surface area contributed by atoms with Crippen LogP contribution in [0, 0.1) is 0 Å². The van der Waals surface area contributed by atoms with Gasteiger partial charge in [-0.3, -0.25) is 4.68 Å². The van der Waals surface area contributed by atoms with Gasteiger partial charge < -0.3 is 10.2 Å². The molecular formula is C14H20ClN5. The molecule has 0 spiro atoms. The Bertz CT molecular complexity index is 566. The largest absolute Gasteiger partial charge is 0.354 e. The Labute approximate surface area is 124 Å². The molecule has 0 saturated heterocycles. The number of pyridine rings is 1. The predicted octanol–water partition coefficient (Wildman–Crippen LogP) is 2.21. The molecule has 0 amide bonds. The van der Waals surface area contributed by atoms with Crippen molar-refractivity contribution in [2.75, 3.05) is 18.5 Å². The molecule has 0 saturated carbocycles. The van der Waals surface area contributed by atoms with E-state index in [1.807, 2.05) is 43.7 Å². The van der Waals surface area contributed by atoms with Crippen molar-refractivity contribution >= 4 is 17.4 Å². The van der Waals surface area contributed by atoms with Crippen LogP contribution in [0.1, 0.15) is 18.1 Å². The van der Waals surface area contributed by atoms with E-state index in [-0.39, 0.29) is 0 Å². The molecule has 5 nitrogen and oxygen atoms in total. The Morgan fingerprint density at radius 2 is 2.15 bits per heavy atom. The summed E-state index contributed by atoms with van der Waals surface area (Å²) < 4.78 is 1.79. The van der Waals surface area contributed by atoms with Crippen molar-refractivity contribution in [2.24, 2.45) is 7.05 Å². The molecule has 0 aromatic carbocycles.